The number of carbonyl (C=O) groups excluding carboxylic acids is 1. The van der Waals surface area contributed by atoms with Gasteiger partial charge in [0.15, 0.2) is 0 Å². The van der Waals surface area contributed by atoms with Gasteiger partial charge in [-0.2, -0.15) is 0 Å². The van der Waals surface area contributed by atoms with Crippen molar-refractivity contribution < 1.29 is 28.9 Å². The molecule has 0 atom stereocenters. The van der Waals surface area contributed by atoms with Gasteiger partial charge in [-0.1, -0.05) is 12.1 Å². The number of methoxy groups -OCH3 is 1. The molecule has 0 bridgehead atoms. The van der Waals surface area contributed by atoms with Crippen LogP contribution in [0, 0.1) is 0 Å². The Hall–Kier alpha value is -2.86. The van der Waals surface area contributed by atoms with Crippen LogP contribution in [-0.4, -0.2) is 37.4 Å². The van der Waals surface area contributed by atoms with E-state index in [1.807, 2.05) is 0 Å². The maximum absolute atomic E-state index is 12.2. The van der Waals surface area contributed by atoms with Crippen molar-refractivity contribution in [1.29, 1.82) is 0 Å². The van der Waals surface area contributed by atoms with E-state index in [0.29, 0.717) is 19.0 Å². The first-order valence-corrected chi connectivity index (χ1v) is 6.88. The molecular weight excluding hydrogens is 300 g/mol. The maximum Gasteiger partial charge on any atom is 0.347 e. The summed E-state index contributed by atoms with van der Waals surface area (Å²) in [6.45, 7) is 0.716. The fourth-order valence-corrected chi connectivity index (χ4v) is 1.82. The van der Waals surface area contributed by atoms with Crippen LogP contribution in [0.5, 0.6) is 11.5 Å². The van der Waals surface area contributed by atoms with Crippen molar-refractivity contribution in [2.75, 3.05) is 20.3 Å². The number of carboxylic acid groups (broad SMARTS) is 1. The van der Waals surface area contributed by atoms with Gasteiger partial charge in [-0.05, 0) is 36.4 Å². The summed E-state index contributed by atoms with van der Waals surface area (Å²) in [5.74, 6) is -0.968. The fraction of sp³-hybridized carbons (Fsp3) is 0.176. The molecule has 0 saturated carbocycles. The third-order valence-electron chi connectivity index (χ3n) is 2.96. The standard InChI is InChI=1S/C17H16O6/c1-21-10-11-22-15-5-3-2-4-14(15)17(20)23-13-8-6-12(7-9-13)16(18)19/h2-9H,10-11H2,1H3,(H,18,19). The van der Waals surface area contributed by atoms with Crippen molar-refractivity contribution in [3.8, 4) is 11.5 Å². The minimum absolute atomic E-state index is 0.119. The summed E-state index contributed by atoms with van der Waals surface area (Å²) in [5, 5.41) is 8.84. The predicted molar refractivity (Wildman–Crippen MR) is 82.2 cm³/mol. The Morgan fingerprint density at radius 1 is 1.00 bits per heavy atom. The van der Waals surface area contributed by atoms with Gasteiger partial charge in [0.2, 0.25) is 0 Å². The second kappa shape index (κ2) is 7.95. The van der Waals surface area contributed by atoms with E-state index in [1.54, 1.807) is 31.4 Å². The highest BCUT2D eigenvalue weighted by Gasteiger charge is 2.15. The van der Waals surface area contributed by atoms with E-state index < -0.39 is 11.9 Å². The van der Waals surface area contributed by atoms with Gasteiger partial charge in [0.1, 0.15) is 23.7 Å². The number of hydrogen-bond donors (Lipinski definition) is 1. The zero-order chi connectivity index (χ0) is 16.7. The first-order valence-electron chi connectivity index (χ1n) is 6.88. The number of aromatic carboxylic acids is 1. The van der Waals surface area contributed by atoms with Crippen molar-refractivity contribution in [1.82, 2.24) is 0 Å². The molecular formula is C17H16O6. The highest BCUT2D eigenvalue weighted by Crippen LogP contribution is 2.21. The molecule has 2 aromatic rings. The zero-order valence-electron chi connectivity index (χ0n) is 12.5. The average molecular weight is 316 g/mol. The van der Waals surface area contributed by atoms with Crippen LogP contribution < -0.4 is 9.47 Å². The molecule has 0 aliphatic heterocycles. The molecule has 0 saturated heterocycles. The molecule has 0 fully saturated rings. The van der Waals surface area contributed by atoms with Gasteiger partial charge in [0.05, 0.1) is 12.2 Å². The Balaban J connectivity index is 2.09. The summed E-state index contributed by atoms with van der Waals surface area (Å²) in [5.41, 5.74) is 0.402. The molecule has 6 heteroatoms. The van der Waals surface area contributed by atoms with Crippen molar-refractivity contribution in [3.63, 3.8) is 0 Å². The topological polar surface area (TPSA) is 82.1 Å². The Morgan fingerprint density at radius 2 is 1.70 bits per heavy atom. The lowest BCUT2D eigenvalue weighted by atomic mass is 10.2. The summed E-state index contributed by atoms with van der Waals surface area (Å²) in [4.78, 5) is 23.0. The molecule has 2 rings (SSSR count). The molecule has 0 amide bonds. The van der Waals surface area contributed by atoms with E-state index in [9.17, 15) is 9.59 Å². The Labute approximate surface area is 133 Å². The molecule has 0 aliphatic rings. The number of ether oxygens (including phenoxy) is 3. The molecule has 1 N–H and O–H groups in total. The van der Waals surface area contributed by atoms with Crippen LogP contribution >= 0.6 is 0 Å². The molecule has 0 spiro atoms. The SMILES string of the molecule is COCCOc1ccccc1C(=O)Oc1ccc(C(=O)O)cc1. The van der Waals surface area contributed by atoms with Gasteiger partial charge in [-0.25, -0.2) is 9.59 Å². The van der Waals surface area contributed by atoms with E-state index in [4.69, 9.17) is 19.3 Å². The summed E-state index contributed by atoms with van der Waals surface area (Å²) in [6, 6.07) is 12.3. The Kier molecular flexibility index (Phi) is 5.71. The van der Waals surface area contributed by atoms with Gasteiger partial charge in [0, 0.05) is 7.11 Å². The van der Waals surface area contributed by atoms with Crippen LogP contribution in [0.15, 0.2) is 48.5 Å². The van der Waals surface area contributed by atoms with Gasteiger partial charge in [0.25, 0.3) is 0 Å². The molecule has 0 aromatic heterocycles. The lowest BCUT2D eigenvalue weighted by Crippen LogP contribution is -2.12. The number of hydrogen-bond acceptors (Lipinski definition) is 5. The summed E-state index contributed by atoms with van der Waals surface area (Å²) in [6.07, 6.45) is 0. The number of carbonyl (C=O) groups is 2. The summed E-state index contributed by atoms with van der Waals surface area (Å²) >= 11 is 0. The number of esters is 1. The van der Waals surface area contributed by atoms with E-state index >= 15 is 0 Å². The number of carboxylic acids is 1. The van der Waals surface area contributed by atoms with E-state index in [0.717, 1.165) is 0 Å². The lowest BCUT2D eigenvalue weighted by molar-refractivity contribution is 0.0696. The first kappa shape index (κ1) is 16.5. The zero-order valence-corrected chi connectivity index (χ0v) is 12.5. The van der Waals surface area contributed by atoms with Crippen LogP contribution in [0.3, 0.4) is 0 Å². The third-order valence-corrected chi connectivity index (χ3v) is 2.96. The largest absolute Gasteiger partial charge is 0.490 e. The minimum Gasteiger partial charge on any atom is -0.490 e. The normalized spacial score (nSPS) is 10.1. The Morgan fingerprint density at radius 3 is 2.35 bits per heavy atom. The van der Waals surface area contributed by atoms with Gasteiger partial charge in [-0.15, -0.1) is 0 Å². The van der Waals surface area contributed by atoms with Gasteiger partial charge >= 0.3 is 11.9 Å². The number of rotatable bonds is 7. The van der Waals surface area contributed by atoms with E-state index in [-0.39, 0.29) is 16.9 Å². The maximum atomic E-state index is 12.2. The molecule has 2 aromatic carbocycles. The second-order valence-corrected chi connectivity index (χ2v) is 4.56. The van der Waals surface area contributed by atoms with E-state index in [2.05, 4.69) is 0 Å². The quantitative estimate of drug-likeness (QED) is 0.480. The number of benzene rings is 2. The monoisotopic (exact) mass is 316 g/mol. The highest BCUT2D eigenvalue weighted by atomic mass is 16.5. The summed E-state index contributed by atoms with van der Waals surface area (Å²) in [7, 11) is 1.56. The first-order chi connectivity index (χ1) is 11.1. The van der Waals surface area contributed by atoms with E-state index in [1.165, 1.54) is 24.3 Å². The predicted octanol–water partition coefficient (Wildman–Crippen LogP) is 2.63. The minimum atomic E-state index is -1.04. The number of para-hydroxylation sites is 1. The second-order valence-electron chi connectivity index (χ2n) is 4.56. The molecule has 0 radical (unpaired) electrons. The summed E-state index contributed by atoms with van der Waals surface area (Å²) < 4.78 is 15.6. The van der Waals surface area contributed by atoms with Crippen LogP contribution in [-0.2, 0) is 4.74 Å². The average Bonchev–Trinajstić information content (AvgIpc) is 2.56. The smallest absolute Gasteiger partial charge is 0.347 e. The van der Waals surface area contributed by atoms with Crippen molar-refractivity contribution in [3.05, 3.63) is 59.7 Å². The van der Waals surface area contributed by atoms with Gasteiger partial charge < -0.3 is 19.3 Å². The molecule has 23 heavy (non-hydrogen) atoms. The molecule has 0 unspecified atom stereocenters. The highest BCUT2D eigenvalue weighted by molar-refractivity contribution is 5.94. The molecule has 0 aliphatic carbocycles. The van der Waals surface area contributed by atoms with Crippen molar-refractivity contribution >= 4 is 11.9 Å². The molecule has 6 nitrogen and oxygen atoms in total. The molecule has 0 heterocycles. The van der Waals surface area contributed by atoms with Crippen LogP contribution in [0.2, 0.25) is 0 Å². The van der Waals surface area contributed by atoms with Gasteiger partial charge in [-0.3, -0.25) is 0 Å². The van der Waals surface area contributed by atoms with Crippen LogP contribution in [0.25, 0.3) is 0 Å². The lowest BCUT2D eigenvalue weighted by Gasteiger charge is -2.10. The van der Waals surface area contributed by atoms with Crippen molar-refractivity contribution in [2.45, 2.75) is 0 Å². The fourth-order valence-electron chi connectivity index (χ4n) is 1.82. The Bertz CT molecular complexity index is 678. The van der Waals surface area contributed by atoms with Crippen molar-refractivity contribution in [2.24, 2.45) is 0 Å². The molecule has 120 valence electrons. The third kappa shape index (κ3) is 4.55. The van der Waals surface area contributed by atoms with Crippen LogP contribution in [0.4, 0.5) is 0 Å². The van der Waals surface area contributed by atoms with Crippen LogP contribution in [0.1, 0.15) is 20.7 Å².